The van der Waals surface area contributed by atoms with Gasteiger partial charge in [-0.25, -0.2) is 4.39 Å². The lowest BCUT2D eigenvalue weighted by Crippen LogP contribution is -2.30. The summed E-state index contributed by atoms with van der Waals surface area (Å²) in [7, 11) is 0. The SMILES string of the molecule is Cc1cc(C(Cc2ccc(F)c(Br)c2)NN)c(C)nn1. The molecule has 0 radical (unpaired) electrons. The Morgan fingerprint density at radius 2 is 2.05 bits per heavy atom. The van der Waals surface area contributed by atoms with Gasteiger partial charge in [-0.1, -0.05) is 6.07 Å². The lowest BCUT2D eigenvalue weighted by Gasteiger charge is -2.18. The summed E-state index contributed by atoms with van der Waals surface area (Å²) in [5.41, 5.74) is 6.45. The average Bonchev–Trinajstić information content (AvgIpc) is 2.43. The molecule has 1 aromatic heterocycles. The molecule has 0 saturated heterocycles. The van der Waals surface area contributed by atoms with Gasteiger partial charge in [0.15, 0.2) is 0 Å². The van der Waals surface area contributed by atoms with Gasteiger partial charge in [0, 0.05) is 0 Å². The second-order valence-corrected chi connectivity index (χ2v) is 5.55. The Kier molecular flexibility index (Phi) is 4.80. The number of aromatic nitrogens is 2. The first-order chi connectivity index (χ1) is 9.51. The molecule has 4 nitrogen and oxygen atoms in total. The van der Waals surface area contributed by atoms with Crippen LogP contribution in [-0.2, 0) is 6.42 Å². The van der Waals surface area contributed by atoms with Crippen LogP contribution in [0.3, 0.4) is 0 Å². The molecule has 0 fully saturated rings. The number of benzene rings is 1. The summed E-state index contributed by atoms with van der Waals surface area (Å²) in [5, 5.41) is 8.12. The molecule has 1 aromatic carbocycles. The molecule has 3 N–H and O–H groups in total. The monoisotopic (exact) mass is 338 g/mol. The van der Waals surface area contributed by atoms with Crippen molar-refractivity contribution >= 4 is 15.9 Å². The van der Waals surface area contributed by atoms with Crippen LogP contribution in [0.5, 0.6) is 0 Å². The molecule has 0 spiro atoms. The van der Waals surface area contributed by atoms with E-state index in [4.69, 9.17) is 5.84 Å². The van der Waals surface area contributed by atoms with Crippen LogP contribution in [0.1, 0.15) is 28.6 Å². The Morgan fingerprint density at radius 1 is 1.30 bits per heavy atom. The predicted octanol–water partition coefficient (Wildman–Crippen LogP) is 2.74. The van der Waals surface area contributed by atoms with E-state index in [0.29, 0.717) is 10.9 Å². The van der Waals surface area contributed by atoms with Crippen molar-refractivity contribution in [3.63, 3.8) is 0 Å². The summed E-state index contributed by atoms with van der Waals surface area (Å²) < 4.78 is 13.7. The fourth-order valence-corrected chi connectivity index (χ4v) is 2.51. The van der Waals surface area contributed by atoms with Crippen molar-refractivity contribution in [1.29, 1.82) is 0 Å². The van der Waals surface area contributed by atoms with Crippen LogP contribution in [0.15, 0.2) is 28.7 Å². The second kappa shape index (κ2) is 6.39. The average molecular weight is 339 g/mol. The molecule has 0 amide bonds. The number of hydrogen-bond acceptors (Lipinski definition) is 4. The van der Waals surface area contributed by atoms with Gasteiger partial charge in [-0.2, -0.15) is 10.2 Å². The molecular formula is C14H16BrFN4. The molecule has 106 valence electrons. The van der Waals surface area contributed by atoms with Gasteiger partial charge in [0.25, 0.3) is 0 Å². The van der Waals surface area contributed by atoms with Gasteiger partial charge in [0.1, 0.15) is 5.82 Å². The first-order valence-corrected chi connectivity index (χ1v) is 7.01. The number of hydrazine groups is 1. The summed E-state index contributed by atoms with van der Waals surface area (Å²) in [6, 6.07) is 6.82. The Bertz CT molecular complexity index is 618. The highest BCUT2D eigenvalue weighted by atomic mass is 79.9. The van der Waals surface area contributed by atoms with E-state index in [-0.39, 0.29) is 11.9 Å². The molecule has 0 bridgehead atoms. The lowest BCUT2D eigenvalue weighted by molar-refractivity contribution is 0.543. The third-order valence-corrected chi connectivity index (χ3v) is 3.75. The number of hydrogen-bond donors (Lipinski definition) is 2. The Hall–Kier alpha value is -1.37. The molecule has 1 heterocycles. The van der Waals surface area contributed by atoms with E-state index in [2.05, 4.69) is 31.6 Å². The Morgan fingerprint density at radius 3 is 2.70 bits per heavy atom. The highest BCUT2D eigenvalue weighted by Crippen LogP contribution is 2.23. The van der Waals surface area contributed by atoms with Crippen molar-refractivity contribution in [2.45, 2.75) is 26.3 Å². The Balaban J connectivity index is 2.28. The standard InChI is InChI=1S/C14H16BrFN4/c1-8-5-11(9(2)20-19-8)14(18-17)7-10-3-4-13(16)12(15)6-10/h3-6,14,18H,7,17H2,1-2H3. The third kappa shape index (κ3) is 3.39. The lowest BCUT2D eigenvalue weighted by atomic mass is 9.98. The summed E-state index contributed by atoms with van der Waals surface area (Å²) >= 11 is 3.19. The maximum Gasteiger partial charge on any atom is 0.137 e. The zero-order valence-corrected chi connectivity index (χ0v) is 12.9. The normalized spacial score (nSPS) is 12.4. The number of rotatable bonds is 4. The first kappa shape index (κ1) is 15.0. The topological polar surface area (TPSA) is 63.8 Å². The van der Waals surface area contributed by atoms with Gasteiger partial charge in [-0.15, -0.1) is 0 Å². The molecule has 0 aliphatic heterocycles. The van der Waals surface area contributed by atoms with E-state index >= 15 is 0 Å². The van der Waals surface area contributed by atoms with Gasteiger partial charge in [0.05, 0.1) is 21.9 Å². The maximum atomic E-state index is 13.3. The number of halogens is 2. The fourth-order valence-electron chi connectivity index (χ4n) is 2.08. The molecule has 1 atom stereocenters. The van der Waals surface area contributed by atoms with Crippen molar-refractivity contribution in [3.05, 3.63) is 57.1 Å². The number of nitrogens with zero attached hydrogens (tertiary/aromatic N) is 2. The molecule has 0 saturated carbocycles. The first-order valence-electron chi connectivity index (χ1n) is 6.22. The van der Waals surface area contributed by atoms with E-state index in [9.17, 15) is 4.39 Å². The number of nitrogens with one attached hydrogen (secondary N) is 1. The molecule has 0 aliphatic rings. The van der Waals surface area contributed by atoms with Crippen molar-refractivity contribution in [2.24, 2.45) is 5.84 Å². The minimum Gasteiger partial charge on any atom is -0.271 e. The van der Waals surface area contributed by atoms with Gasteiger partial charge >= 0.3 is 0 Å². The molecular weight excluding hydrogens is 323 g/mol. The second-order valence-electron chi connectivity index (χ2n) is 4.70. The van der Waals surface area contributed by atoms with E-state index in [1.807, 2.05) is 19.9 Å². The van der Waals surface area contributed by atoms with Crippen LogP contribution in [0.4, 0.5) is 4.39 Å². The zero-order chi connectivity index (χ0) is 14.7. The summed E-state index contributed by atoms with van der Waals surface area (Å²) in [5.74, 6) is 5.38. The zero-order valence-electron chi connectivity index (χ0n) is 11.3. The van der Waals surface area contributed by atoms with Crippen molar-refractivity contribution < 1.29 is 4.39 Å². The van der Waals surface area contributed by atoms with Crippen molar-refractivity contribution in [3.8, 4) is 0 Å². The fraction of sp³-hybridized carbons (Fsp3) is 0.286. The predicted molar refractivity (Wildman–Crippen MR) is 79.4 cm³/mol. The number of aryl methyl sites for hydroxylation is 2. The minimum atomic E-state index is -0.274. The van der Waals surface area contributed by atoms with E-state index in [1.165, 1.54) is 6.07 Å². The van der Waals surface area contributed by atoms with Gasteiger partial charge in [-0.05, 0) is 65.5 Å². The molecule has 0 aliphatic carbocycles. The summed E-state index contributed by atoms with van der Waals surface area (Å²) in [6.07, 6.45) is 0.640. The highest BCUT2D eigenvalue weighted by molar-refractivity contribution is 9.10. The van der Waals surface area contributed by atoms with Crippen molar-refractivity contribution in [1.82, 2.24) is 15.6 Å². The molecule has 6 heteroatoms. The largest absolute Gasteiger partial charge is 0.271 e. The van der Waals surface area contributed by atoms with Crippen LogP contribution in [0.25, 0.3) is 0 Å². The quantitative estimate of drug-likeness (QED) is 0.664. The molecule has 20 heavy (non-hydrogen) atoms. The third-order valence-electron chi connectivity index (χ3n) is 3.14. The summed E-state index contributed by atoms with van der Waals surface area (Å²) in [4.78, 5) is 0. The van der Waals surface area contributed by atoms with E-state index in [0.717, 1.165) is 22.5 Å². The van der Waals surface area contributed by atoms with Crippen LogP contribution in [-0.4, -0.2) is 10.2 Å². The van der Waals surface area contributed by atoms with Crippen LogP contribution < -0.4 is 11.3 Å². The number of nitrogens with two attached hydrogens (primary N) is 1. The van der Waals surface area contributed by atoms with Crippen LogP contribution in [0.2, 0.25) is 0 Å². The molecule has 2 rings (SSSR count). The van der Waals surface area contributed by atoms with Crippen LogP contribution >= 0.6 is 15.9 Å². The molecule has 2 aromatic rings. The maximum absolute atomic E-state index is 13.3. The van der Waals surface area contributed by atoms with Gasteiger partial charge in [0.2, 0.25) is 0 Å². The van der Waals surface area contributed by atoms with Gasteiger partial charge < -0.3 is 0 Å². The van der Waals surface area contributed by atoms with Crippen molar-refractivity contribution in [2.75, 3.05) is 0 Å². The van der Waals surface area contributed by atoms with Crippen LogP contribution in [0, 0.1) is 19.7 Å². The smallest absolute Gasteiger partial charge is 0.137 e. The molecule has 1 unspecified atom stereocenters. The minimum absolute atomic E-state index is 0.0958. The summed E-state index contributed by atoms with van der Waals surface area (Å²) in [6.45, 7) is 3.78. The van der Waals surface area contributed by atoms with E-state index in [1.54, 1.807) is 12.1 Å². The van der Waals surface area contributed by atoms with E-state index < -0.39 is 0 Å². The van der Waals surface area contributed by atoms with Gasteiger partial charge in [-0.3, -0.25) is 11.3 Å². The Labute approximate surface area is 125 Å². The highest BCUT2D eigenvalue weighted by Gasteiger charge is 2.15.